The van der Waals surface area contributed by atoms with Gasteiger partial charge in [0.1, 0.15) is 0 Å². The summed E-state index contributed by atoms with van der Waals surface area (Å²) in [5.41, 5.74) is 1.05. The molecule has 0 spiro atoms. The lowest BCUT2D eigenvalue weighted by molar-refractivity contribution is 0.0772. The van der Waals surface area contributed by atoms with Gasteiger partial charge < -0.3 is 4.90 Å². The molecule has 0 saturated heterocycles. The molecule has 1 rings (SSSR count). The van der Waals surface area contributed by atoms with E-state index in [2.05, 4.69) is 15.9 Å². The van der Waals surface area contributed by atoms with E-state index in [9.17, 15) is 13.2 Å². The fourth-order valence-electron chi connectivity index (χ4n) is 1.72. The first-order valence-electron chi connectivity index (χ1n) is 5.84. The van der Waals surface area contributed by atoms with E-state index in [1.807, 2.05) is 13.8 Å². The van der Waals surface area contributed by atoms with Gasteiger partial charge in [-0.25, -0.2) is 13.6 Å². The van der Waals surface area contributed by atoms with Crippen molar-refractivity contribution in [3.8, 4) is 0 Å². The molecule has 1 amide bonds. The second-order valence-corrected chi connectivity index (χ2v) is 6.52. The van der Waals surface area contributed by atoms with E-state index in [1.54, 1.807) is 11.8 Å². The third-order valence-corrected chi connectivity index (χ3v) is 4.64. The molecule has 0 fully saturated rings. The molecular weight excluding hydrogens is 332 g/mol. The van der Waals surface area contributed by atoms with Gasteiger partial charge in [0.15, 0.2) is 0 Å². The first kappa shape index (κ1) is 16.1. The monoisotopic (exact) mass is 348 g/mol. The number of nitrogens with two attached hydrogens (primary N) is 1. The number of carbonyl (C=O) groups is 1. The number of carbonyl (C=O) groups excluding carboxylic acids is 1. The summed E-state index contributed by atoms with van der Waals surface area (Å²) in [6.45, 7) is 6.62. The van der Waals surface area contributed by atoms with Gasteiger partial charge >= 0.3 is 0 Å². The van der Waals surface area contributed by atoms with Crippen LogP contribution in [0, 0.1) is 6.92 Å². The van der Waals surface area contributed by atoms with Crippen LogP contribution in [0.25, 0.3) is 0 Å². The predicted octanol–water partition coefficient (Wildman–Crippen LogP) is 1.89. The minimum absolute atomic E-state index is 0.0690. The van der Waals surface area contributed by atoms with Crippen molar-refractivity contribution in [2.75, 3.05) is 13.1 Å². The molecule has 0 bridgehead atoms. The molecule has 0 aliphatic heterocycles. The number of sulfonamides is 1. The van der Waals surface area contributed by atoms with Crippen molar-refractivity contribution in [2.45, 2.75) is 25.7 Å². The van der Waals surface area contributed by atoms with Gasteiger partial charge in [-0.05, 0) is 38.5 Å². The minimum Gasteiger partial charge on any atom is -0.339 e. The Morgan fingerprint density at radius 1 is 1.32 bits per heavy atom. The summed E-state index contributed by atoms with van der Waals surface area (Å²) in [5, 5.41) is 5.11. The van der Waals surface area contributed by atoms with Gasteiger partial charge in [-0.2, -0.15) is 0 Å². The normalized spacial score (nSPS) is 11.4. The van der Waals surface area contributed by atoms with Crippen LogP contribution in [0.2, 0.25) is 0 Å². The highest BCUT2D eigenvalue weighted by molar-refractivity contribution is 9.10. The molecule has 106 valence electrons. The average Bonchev–Trinajstić information content (AvgIpc) is 2.32. The number of hydrogen-bond acceptors (Lipinski definition) is 3. The molecule has 7 heteroatoms. The van der Waals surface area contributed by atoms with Crippen LogP contribution in [-0.2, 0) is 10.0 Å². The molecule has 1 aromatic carbocycles. The fraction of sp³-hybridized carbons (Fsp3) is 0.417. The molecule has 5 nitrogen and oxygen atoms in total. The highest BCUT2D eigenvalue weighted by Gasteiger charge is 2.20. The van der Waals surface area contributed by atoms with Gasteiger partial charge in [-0.1, -0.05) is 15.9 Å². The van der Waals surface area contributed by atoms with E-state index >= 15 is 0 Å². The SMILES string of the molecule is CCN(CC)C(=O)c1cc(S(N)(=O)=O)cc(Br)c1C. The van der Waals surface area contributed by atoms with Crippen LogP contribution in [0.15, 0.2) is 21.5 Å². The zero-order valence-corrected chi connectivity index (χ0v) is 13.5. The standard InChI is InChI=1S/C12H17BrN2O3S/c1-4-15(5-2)12(16)10-6-9(19(14,17)18)7-11(13)8(10)3/h6-7H,4-5H2,1-3H3,(H2,14,17,18). The summed E-state index contributed by atoms with van der Waals surface area (Å²) in [6.07, 6.45) is 0. The molecular formula is C12H17BrN2O3S. The molecule has 0 aromatic heterocycles. The van der Waals surface area contributed by atoms with Crippen LogP contribution in [0.5, 0.6) is 0 Å². The van der Waals surface area contributed by atoms with Gasteiger partial charge in [-0.15, -0.1) is 0 Å². The highest BCUT2D eigenvalue weighted by Crippen LogP contribution is 2.25. The van der Waals surface area contributed by atoms with Crippen molar-refractivity contribution in [2.24, 2.45) is 5.14 Å². The number of primary sulfonamides is 1. The number of benzene rings is 1. The Balaban J connectivity index is 3.43. The maximum Gasteiger partial charge on any atom is 0.254 e. The van der Waals surface area contributed by atoms with Crippen LogP contribution in [0.3, 0.4) is 0 Å². The number of halogens is 1. The molecule has 1 aromatic rings. The van der Waals surface area contributed by atoms with Gasteiger partial charge in [-0.3, -0.25) is 4.79 Å². The Hall–Kier alpha value is -0.920. The maximum atomic E-state index is 12.3. The average molecular weight is 349 g/mol. The Morgan fingerprint density at radius 3 is 2.26 bits per heavy atom. The maximum absolute atomic E-state index is 12.3. The van der Waals surface area contributed by atoms with E-state index in [-0.39, 0.29) is 10.8 Å². The third kappa shape index (κ3) is 3.55. The first-order chi connectivity index (χ1) is 8.72. The number of rotatable bonds is 4. The van der Waals surface area contributed by atoms with Crippen LogP contribution in [0.4, 0.5) is 0 Å². The largest absolute Gasteiger partial charge is 0.339 e. The lowest BCUT2D eigenvalue weighted by Crippen LogP contribution is -2.31. The predicted molar refractivity (Wildman–Crippen MR) is 77.5 cm³/mol. The number of hydrogen-bond donors (Lipinski definition) is 1. The van der Waals surface area contributed by atoms with Crippen molar-refractivity contribution in [3.63, 3.8) is 0 Å². The molecule has 19 heavy (non-hydrogen) atoms. The smallest absolute Gasteiger partial charge is 0.254 e. The molecule has 0 saturated carbocycles. The van der Waals surface area contributed by atoms with Crippen LogP contribution in [-0.4, -0.2) is 32.3 Å². The van der Waals surface area contributed by atoms with Crippen LogP contribution in [0.1, 0.15) is 29.8 Å². The van der Waals surface area contributed by atoms with Gasteiger partial charge in [0.25, 0.3) is 5.91 Å². The van der Waals surface area contributed by atoms with Crippen molar-refractivity contribution in [1.29, 1.82) is 0 Å². The molecule has 2 N–H and O–H groups in total. The van der Waals surface area contributed by atoms with Gasteiger partial charge in [0.05, 0.1) is 4.90 Å². The molecule has 0 heterocycles. The fourth-order valence-corrected chi connectivity index (χ4v) is 2.90. The zero-order valence-electron chi connectivity index (χ0n) is 11.1. The number of nitrogens with zero attached hydrogens (tertiary/aromatic N) is 1. The molecule has 0 aliphatic rings. The summed E-state index contributed by atoms with van der Waals surface area (Å²) in [7, 11) is -3.84. The Morgan fingerprint density at radius 2 is 1.84 bits per heavy atom. The lowest BCUT2D eigenvalue weighted by Gasteiger charge is -2.20. The van der Waals surface area contributed by atoms with Crippen molar-refractivity contribution >= 4 is 31.9 Å². The zero-order chi connectivity index (χ0) is 14.8. The Kier molecular flexibility index (Phi) is 5.11. The van der Waals surface area contributed by atoms with Gasteiger partial charge in [0.2, 0.25) is 10.0 Å². The highest BCUT2D eigenvalue weighted by atomic mass is 79.9. The number of amides is 1. The Labute approximate surface area is 122 Å². The minimum atomic E-state index is -3.84. The van der Waals surface area contributed by atoms with E-state index < -0.39 is 10.0 Å². The van der Waals surface area contributed by atoms with E-state index in [0.29, 0.717) is 28.7 Å². The van der Waals surface area contributed by atoms with Gasteiger partial charge in [0, 0.05) is 23.1 Å². The first-order valence-corrected chi connectivity index (χ1v) is 8.18. The molecule has 0 aliphatic carbocycles. The van der Waals surface area contributed by atoms with E-state index in [4.69, 9.17) is 5.14 Å². The summed E-state index contributed by atoms with van der Waals surface area (Å²) >= 11 is 3.26. The second-order valence-electron chi connectivity index (χ2n) is 4.10. The summed E-state index contributed by atoms with van der Waals surface area (Å²) in [5.74, 6) is -0.200. The van der Waals surface area contributed by atoms with Crippen molar-refractivity contribution < 1.29 is 13.2 Å². The van der Waals surface area contributed by atoms with Crippen LogP contribution < -0.4 is 5.14 Å². The third-order valence-electron chi connectivity index (χ3n) is 2.93. The second kappa shape index (κ2) is 6.02. The van der Waals surface area contributed by atoms with Crippen molar-refractivity contribution in [3.05, 3.63) is 27.7 Å². The summed E-state index contributed by atoms with van der Waals surface area (Å²) in [4.78, 5) is 13.9. The van der Waals surface area contributed by atoms with Crippen molar-refractivity contribution in [1.82, 2.24) is 4.90 Å². The molecule has 0 atom stereocenters. The van der Waals surface area contributed by atoms with E-state index in [1.165, 1.54) is 12.1 Å². The van der Waals surface area contributed by atoms with Crippen LogP contribution >= 0.6 is 15.9 Å². The molecule has 0 radical (unpaired) electrons. The summed E-state index contributed by atoms with van der Waals surface area (Å²) in [6, 6.07) is 2.74. The molecule has 0 unspecified atom stereocenters. The van der Waals surface area contributed by atoms with E-state index in [0.717, 1.165) is 0 Å². The topological polar surface area (TPSA) is 80.5 Å². The Bertz CT molecular complexity index is 595. The lowest BCUT2D eigenvalue weighted by atomic mass is 10.1. The summed E-state index contributed by atoms with van der Waals surface area (Å²) < 4.78 is 23.4. The quantitative estimate of drug-likeness (QED) is 0.901.